The number of nitrogens with zero attached hydrogens (tertiary/aromatic N) is 5. The Labute approximate surface area is 774 Å². The Bertz CT molecular complexity index is 5070. The van der Waals surface area contributed by atoms with Gasteiger partial charge in [0.2, 0.25) is 94.5 Å². The van der Waals surface area contributed by atoms with Crippen LogP contribution in [-0.2, 0) is 107 Å². The van der Waals surface area contributed by atoms with Crippen LogP contribution >= 0.6 is 11.8 Å². The van der Waals surface area contributed by atoms with Crippen molar-refractivity contribution in [1.82, 2.24) is 98.0 Å². The van der Waals surface area contributed by atoms with Crippen LogP contribution in [0, 0.1) is 17.2 Å². The van der Waals surface area contributed by atoms with Crippen LogP contribution in [0.1, 0.15) is 140 Å². The Hall–Kier alpha value is -13.3. The minimum atomic E-state index is -1.90. The first-order valence-corrected chi connectivity index (χ1v) is 45.8. The summed E-state index contributed by atoms with van der Waals surface area (Å²) >= 11 is 0.809. The number of nitrogens with one attached hydrogen (secondary N) is 15. The summed E-state index contributed by atoms with van der Waals surface area (Å²) in [4.78, 5) is 266. The highest BCUT2D eigenvalue weighted by molar-refractivity contribution is 8.00. The normalized spacial score (nSPS) is 24.0. The van der Waals surface area contributed by atoms with Gasteiger partial charge in [0.05, 0.1) is 44.3 Å². The average molecular weight is 1870 g/mol. The first-order valence-electron chi connectivity index (χ1n) is 44.6. The molecule has 2 aliphatic rings. The van der Waals surface area contributed by atoms with Gasteiger partial charge in [-0.2, -0.15) is 0 Å². The number of amides is 16. The number of benzene rings is 3. The smallest absolute Gasteiger partial charge is 0.246 e. The maximum atomic E-state index is 15.7. The summed E-state index contributed by atoms with van der Waals surface area (Å²) in [5.41, 5.74) is 19.9. The van der Waals surface area contributed by atoms with E-state index >= 15 is 28.8 Å². The van der Waals surface area contributed by atoms with Crippen molar-refractivity contribution in [3.8, 4) is 0 Å². The molecule has 133 heavy (non-hydrogen) atoms. The highest BCUT2D eigenvalue weighted by atomic mass is 32.2. The molecule has 0 spiro atoms. The third kappa shape index (κ3) is 30.6. The van der Waals surface area contributed by atoms with E-state index in [-0.39, 0.29) is 89.6 Å². The number of Topliss-reactive ketones (excluding diaryl/α,β-unsaturated/α-hetero) is 1. The zero-order chi connectivity index (χ0) is 97.3. The summed E-state index contributed by atoms with van der Waals surface area (Å²) in [6.07, 6.45) is 5.30. The van der Waals surface area contributed by atoms with Crippen molar-refractivity contribution in [3.63, 3.8) is 0 Å². The maximum Gasteiger partial charge on any atom is 0.246 e. The number of hydrogen-bond acceptors (Lipinski definition) is 22. The minimum absolute atomic E-state index is 0.00924. The Kier molecular flexibility index (Phi) is 40.7. The molecule has 722 valence electrons. The Balaban J connectivity index is 1.19. The van der Waals surface area contributed by atoms with E-state index in [1.54, 1.807) is 105 Å². The molecule has 0 saturated carbocycles. The number of aromatic nitrogens is 4. The van der Waals surface area contributed by atoms with E-state index in [1.165, 1.54) is 45.5 Å². The summed E-state index contributed by atoms with van der Waals surface area (Å²) in [6, 6.07) is 2.10. The third-order valence-electron chi connectivity index (χ3n) is 23.5. The monoisotopic (exact) mass is 1870 g/mol. The van der Waals surface area contributed by atoms with Gasteiger partial charge < -0.3 is 120 Å². The van der Waals surface area contributed by atoms with E-state index in [4.69, 9.17) is 22.6 Å². The van der Waals surface area contributed by atoms with Crippen molar-refractivity contribution in [3.05, 3.63) is 126 Å². The molecule has 1 unspecified atom stereocenters. The molecule has 2 fully saturated rings. The summed E-state index contributed by atoms with van der Waals surface area (Å²) in [5.74, 6) is -18.8. The number of fused-ring (bicyclic) bond motifs is 3. The first kappa shape index (κ1) is 105. The van der Waals surface area contributed by atoms with Crippen molar-refractivity contribution in [2.75, 3.05) is 65.5 Å². The van der Waals surface area contributed by atoms with Crippen molar-refractivity contribution in [1.29, 1.82) is 5.41 Å². The van der Waals surface area contributed by atoms with Crippen molar-refractivity contribution >= 4 is 140 Å². The summed E-state index contributed by atoms with van der Waals surface area (Å²) in [7, 11) is 3.99. The second kappa shape index (κ2) is 51.5. The van der Waals surface area contributed by atoms with Crippen LogP contribution in [0.25, 0.3) is 21.8 Å². The second-order valence-corrected chi connectivity index (χ2v) is 35.0. The number of rotatable bonds is 27. The predicted molar refractivity (Wildman–Crippen MR) is 492 cm³/mol. The molecule has 3 aromatic heterocycles. The van der Waals surface area contributed by atoms with Crippen LogP contribution in [0.2, 0.25) is 0 Å². The number of aromatic amines is 3. The summed E-state index contributed by atoms with van der Waals surface area (Å²) in [6.45, 7) is 5.45. The molecular weight excluding hydrogens is 1740 g/mol. The fourth-order valence-corrected chi connectivity index (χ4v) is 16.9. The molecule has 3 aromatic carbocycles. The summed E-state index contributed by atoms with van der Waals surface area (Å²) in [5, 5.41) is 59.9. The molecule has 14 atom stereocenters. The van der Waals surface area contributed by atoms with E-state index in [0.717, 1.165) is 26.5 Å². The largest absolute Gasteiger partial charge is 0.394 e. The topological polar surface area (TPSA) is 638 Å². The number of ketones is 1. The number of carbonyl (C=O) groups excluding carboxylic acids is 17. The molecule has 5 heterocycles. The zero-order valence-corrected chi connectivity index (χ0v) is 77.0. The fourth-order valence-electron chi connectivity index (χ4n) is 16.0. The van der Waals surface area contributed by atoms with E-state index in [9.17, 15) is 63.0 Å². The van der Waals surface area contributed by atoms with Gasteiger partial charge in [0.25, 0.3) is 0 Å². The van der Waals surface area contributed by atoms with Gasteiger partial charge in [-0.05, 0) is 86.6 Å². The molecule has 42 nitrogen and oxygen atoms in total. The Morgan fingerprint density at radius 1 is 0.541 bits per heavy atom. The number of likely N-dealkylation sites (N-methyl/N-ethyl adjacent to an activating group) is 3. The number of unbranched alkanes of at least 4 members (excludes halogenated alkanes) is 2. The molecule has 23 N–H and O–H groups in total. The number of guanidine groups is 1. The first-order chi connectivity index (χ1) is 63.4. The molecule has 16 amide bonds. The molecule has 0 aliphatic carbocycles. The lowest BCUT2D eigenvalue weighted by Crippen LogP contribution is -2.62. The SMILES string of the molecule is CCCC[C@H]1C(=O)N(C)[C@@H](CCCC)C(=O)C[C@@H](CCCNC(=N)N)C(=O)N[C@H](C(=O)NCC(N)=O)CSCC(=O)N[C@@H](Cc2ccccc2)C(=O)N(C)[C@@H](C)C(=O)N[C@@H](CC(N)=O)C(=O)N2CCC[C@H]2C(=O)NC(Cc2cnc[nH]2)C(=O)N[C@@H](CC(C)C)C(=O)N[C@@H](CO)C(=O)N[C@@H](Cc2c[nH]c3ccccc23)C(=O)N[C@@H](CO)C(=O)N[C@@H](Cc2c[nH]c3ccccc23)C(=O)N1C. The van der Waals surface area contributed by atoms with Gasteiger partial charge in [-0.1, -0.05) is 120 Å². The number of primary amides is 2. The Morgan fingerprint density at radius 2 is 1.06 bits per heavy atom. The van der Waals surface area contributed by atoms with Crippen LogP contribution in [0.15, 0.2) is 104 Å². The van der Waals surface area contributed by atoms with Crippen molar-refractivity contribution in [2.45, 2.75) is 222 Å². The van der Waals surface area contributed by atoms with Crippen LogP contribution in [0.3, 0.4) is 0 Å². The standard InChI is InChI=1S/C90H127N23O19S/c1-9-11-29-70-73(116)38-53(24-20-32-96-90(93)94)78(121)109-69(79(122)99-44-75(92)118)47-133-48-76(119)101-64(35-52-22-14-13-15-23-52)86(129)110(6)51(5)77(120)105-66(40-74(91)117)88(131)113-33-21-31-71(113)85(128)104-63(39-56-43-95-49-100-56)82(125)102-61(34-50(3)4)80(123)107-67(45-114)83(126)103-62(36-54-41-97-59-27-18-16-25-57(54)59)81(124)108-68(46-115)84(127)106-65(37-55-42-98-60-28-19-17-26-58(55)60)87(130)112(8)72(30-12-10-2)89(132)111(70)7/h13-19,22-23,25-28,41-43,49-51,53,61-72,97-98,114-115H,9-12,20-21,24,29-40,44-48H2,1-8H3,(H2,91,117)(H2,92,118)(H,95,100)(H,99,122)(H,101,119)(H,102,125)(H,103,126)(H,104,128)(H,105,120)(H,106,127)(H,107,123)(H,108,124)(H,109,121)(H4,93,94,96)/t51-,53+,61-,62-,63?,64-,65-,66-,67-,68-,69-,70-,71-,72-/m0/s1. The highest BCUT2D eigenvalue weighted by Gasteiger charge is 2.44. The van der Waals surface area contributed by atoms with Crippen molar-refractivity contribution in [2.24, 2.45) is 29.0 Å². The van der Waals surface area contributed by atoms with Gasteiger partial charge in [-0.25, -0.2) is 4.98 Å². The van der Waals surface area contributed by atoms with Gasteiger partial charge in [-0.15, -0.1) is 11.8 Å². The number of H-pyrrole nitrogens is 3. The lowest BCUT2D eigenvalue weighted by molar-refractivity contribution is -0.149. The number of nitrogens with two attached hydrogens (primary N) is 3. The number of aliphatic hydroxyl groups excluding tert-OH is 2. The predicted octanol–water partition coefficient (Wildman–Crippen LogP) is -2.03. The molecule has 6 aromatic rings. The lowest BCUT2D eigenvalue weighted by Gasteiger charge is -2.36. The van der Waals surface area contributed by atoms with Gasteiger partial charge in [0.1, 0.15) is 72.5 Å². The minimum Gasteiger partial charge on any atom is -0.394 e. The zero-order valence-electron chi connectivity index (χ0n) is 76.2. The fraction of sp³-hybridized carbons (Fsp3) is 0.522. The van der Waals surface area contributed by atoms with Crippen LogP contribution in [-0.4, -0.2) is 300 Å². The molecule has 0 radical (unpaired) electrons. The van der Waals surface area contributed by atoms with Gasteiger partial charge >= 0.3 is 0 Å². The van der Waals surface area contributed by atoms with E-state index in [1.807, 2.05) is 13.8 Å². The molecule has 8 rings (SSSR count). The summed E-state index contributed by atoms with van der Waals surface area (Å²) < 4.78 is 0. The van der Waals surface area contributed by atoms with E-state index < -0.39 is 235 Å². The molecule has 2 aliphatic heterocycles. The number of para-hydroxylation sites is 2. The third-order valence-corrected chi connectivity index (χ3v) is 24.5. The van der Waals surface area contributed by atoms with Gasteiger partial charge in [0.15, 0.2) is 11.7 Å². The number of carbonyl (C=O) groups is 17. The lowest BCUT2D eigenvalue weighted by atomic mass is 9.90. The maximum absolute atomic E-state index is 15.7. The van der Waals surface area contributed by atoms with Gasteiger partial charge in [0, 0.05) is 124 Å². The quantitative estimate of drug-likeness (QED) is 0.0150. The number of thioether (sulfide) groups is 1. The number of hydrogen-bond donors (Lipinski definition) is 20. The molecule has 2 saturated heterocycles. The van der Waals surface area contributed by atoms with Crippen LogP contribution in [0.4, 0.5) is 0 Å². The number of imidazole rings is 1. The van der Waals surface area contributed by atoms with E-state index in [2.05, 4.69) is 78.4 Å². The highest BCUT2D eigenvalue weighted by Crippen LogP contribution is 2.27. The molecule has 43 heteroatoms. The second-order valence-electron chi connectivity index (χ2n) is 34.0. The average Bonchev–Trinajstić information content (AvgIpc) is 1.51. The van der Waals surface area contributed by atoms with Crippen LogP contribution in [0.5, 0.6) is 0 Å². The molecular formula is C90H127N23O19S. The number of aliphatic hydroxyl groups is 2. The van der Waals surface area contributed by atoms with Crippen molar-refractivity contribution < 1.29 is 91.7 Å². The van der Waals surface area contributed by atoms with Crippen LogP contribution < -0.4 is 75.7 Å². The van der Waals surface area contributed by atoms with E-state index in [0.29, 0.717) is 69.9 Å². The Morgan fingerprint density at radius 3 is 1.63 bits per heavy atom. The van der Waals surface area contributed by atoms with Gasteiger partial charge in [-0.3, -0.25) is 86.9 Å². The molecule has 0 bridgehead atoms.